The van der Waals surface area contributed by atoms with E-state index in [1.807, 2.05) is 19.1 Å². The van der Waals surface area contributed by atoms with Crippen LogP contribution in [0.4, 0.5) is 11.6 Å². The van der Waals surface area contributed by atoms with Crippen LogP contribution in [-0.4, -0.2) is 39.4 Å². The highest BCUT2D eigenvalue weighted by molar-refractivity contribution is 5.41. The molecule has 7 nitrogen and oxygen atoms in total. The summed E-state index contributed by atoms with van der Waals surface area (Å²) in [7, 11) is 0. The summed E-state index contributed by atoms with van der Waals surface area (Å²) in [5, 5.41) is 11.5. The standard InChI is InChI=1S/C16H20N6O/c1-11-2-5-14(20-19-11)21-9-12(10-21)8-18-15-16(23)22(7-6-17-15)13-3-4-13/h2,5-7,12-13H,3-4,8-10H2,1H3,(H,17,18). The zero-order chi connectivity index (χ0) is 15.8. The Morgan fingerprint density at radius 1 is 1.26 bits per heavy atom. The fourth-order valence-electron chi connectivity index (χ4n) is 2.87. The predicted octanol–water partition coefficient (Wildman–Crippen LogP) is 1.22. The first kappa shape index (κ1) is 14.2. The van der Waals surface area contributed by atoms with Gasteiger partial charge in [-0.3, -0.25) is 4.79 Å². The van der Waals surface area contributed by atoms with Crippen LogP contribution in [0.25, 0.3) is 0 Å². The highest BCUT2D eigenvalue weighted by atomic mass is 16.1. The average Bonchev–Trinajstić information content (AvgIpc) is 3.33. The molecule has 7 heteroatoms. The number of hydrogen-bond acceptors (Lipinski definition) is 6. The van der Waals surface area contributed by atoms with Crippen molar-refractivity contribution in [2.45, 2.75) is 25.8 Å². The van der Waals surface area contributed by atoms with Gasteiger partial charge in [0.15, 0.2) is 11.6 Å². The van der Waals surface area contributed by atoms with Crippen LogP contribution in [0, 0.1) is 12.8 Å². The molecule has 23 heavy (non-hydrogen) atoms. The second-order valence-electron chi connectivity index (χ2n) is 6.40. The molecule has 2 aliphatic rings. The monoisotopic (exact) mass is 312 g/mol. The molecule has 4 rings (SSSR count). The van der Waals surface area contributed by atoms with Gasteiger partial charge in [0.25, 0.3) is 5.56 Å². The zero-order valence-electron chi connectivity index (χ0n) is 13.1. The Morgan fingerprint density at radius 3 is 2.78 bits per heavy atom. The van der Waals surface area contributed by atoms with E-state index in [0.717, 1.165) is 44.0 Å². The molecule has 0 spiro atoms. The second kappa shape index (κ2) is 5.64. The van der Waals surface area contributed by atoms with E-state index in [1.54, 1.807) is 17.0 Å². The minimum atomic E-state index is -0.00409. The fourth-order valence-corrected chi connectivity index (χ4v) is 2.87. The lowest BCUT2D eigenvalue weighted by molar-refractivity contribution is 0.424. The largest absolute Gasteiger partial charge is 0.365 e. The summed E-state index contributed by atoms with van der Waals surface area (Å²) in [6.07, 6.45) is 5.68. The van der Waals surface area contributed by atoms with E-state index in [-0.39, 0.29) is 5.56 Å². The van der Waals surface area contributed by atoms with Crippen molar-refractivity contribution in [3.05, 3.63) is 40.6 Å². The Morgan fingerprint density at radius 2 is 2.09 bits per heavy atom. The molecule has 0 radical (unpaired) electrons. The Labute approximate surface area is 134 Å². The molecule has 0 bridgehead atoms. The SMILES string of the molecule is Cc1ccc(N2CC(CNc3nccn(C4CC4)c3=O)C2)nn1. The van der Waals surface area contributed by atoms with Gasteiger partial charge in [-0.25, -0.2) is 4.98 Å². The van der Waals surface area contributed by atoms with E-state index < -0.39 is 0 Å². The van der Waals surface area contributed by atoms with Gasteiger partial charge in [-0.2, -0.15) is 5.10 Å². The quantitative estimate of drug-likeness (QED) is 0.895. The zero-order valence-corrected chi connectivity index (χ0v) is 13.1. The fraction of sp³-hybridized carbons (Fsp3) is 0.500. The summed E-state index contributed by atoms with van der Waals surface area (Å²) in [6.45, 7) is 4.54. The maximum atomic E-state index is 12.3. The van der Waals surface area contributed by atoms with Gasteiger partial charge >= 0.3 is 0 Å². The Bertz CT molecular complexity index is 746. The molecule has 0 atom stereocenters. The number of nitrogens with zero attached hydrogens (tertiary/aromatic N) is 5. The third-order valence-corrected chi connectivity index (χ3v) is 4.43. The second-order valence-corrected chi connectivity index (χ2v) is 6.40. The maximum absolute atomic E-state index is 12.3. The number of hydrogen-bond donors (Lipinski definition) is 1. The highest BCUT2D eigenvalue weighted by Crippen LogP contribution is 2.33. The lowest BCUT2D eigenvalue weighted by Crippen LogP contribution is -2.50. The van der Waals surface area contributed by atoms with Gasteiger partial charge in [0, 0.05) is 44.0 Å². The van der Waals surface area contributed by atoms with Crippen molar-refractivity contribution in [3.63, 3.8) is 0 Å². The molecule has 1 saturated heterocycles. The van der Waals surface area contributed by atoms with Crippen molar-refractivity contribution in [2.75, 3.05) is 29.9 Å². The molecule has 2 aromatic rings. The van der Waals surface area contributed by atoms with Gasteiger partial charge in [0.05, 0.1) is 5.69 Å². The lowest BCUT2D eigenvalue weighted by atomic mass is 10.0. The normalized spacial score (nSPS) is 17.9. The van der Waals surface area contributed by atoms with Gasteiger partial charge in [-0.15, -0.1) is 5.10 Å². The molecule has 2 fully saturated rings. The molecular weight excluding hydrogens is 292 g/mol. The van der Waals surface area contributed by atoms with Gasteiger partial charge < -0.3 is 14.8 Å². The van der Waals surface area contributed by atoms with Gasteiger partial charge in [-0.1, -0.05) is 0 Å². The molecule has 1 N–H and O–H groups in total. The van der Waals surface area contributed by atoms with Crippen molar-refractivity contribution in [3.8, 4) is 0 Å². The van der Waals surface area contributed by atoms with Crippen LogP contribution in [0.15, 0.2) is 29.3 Å². The van der Waals surface area contributed by atoms with Crippen molar-refractivity contribution >= 4 is 11.6 Å². The summed E-state index contributed by atoms with van der Waals surface area (Å²) in [6, 6.07) is 4.35. The summed E-state index contributed by atoms with van der Waals surface area (Å²) >= 11 is 0. The van der Waals surface area contributed by atoms with Crippen LogP contribution in [0.2, 0.25) is 0 Å². The Hall–Kier alpha value is -2.44. The molecule has 1 aliphatic carbocycles. The van der Waals surface area contributed by atoms with E-state index >= 15 is 0 Å². The van der Waals surface area contributed by atoms with Crippen molar-refractivity contribution in [1.29, 1.82) is 0 Å². The van der Waals surface area contributed by atoms with Crippen LogP contribution in [-0.2, 0) is 0 Å². The molecule has 1 saturated carbocycles. The van der Waals surface area contributed by atoms with Gasteiger partial charge in [0.1, 0.15) is 0 Å². The van der Waals surface area contributed by atoms with Gasteiger partial charge in [-0.05, 0) is 31.9 Å². The molecule has 3 heterocycles. The van der Waals surface area contributed by atoms with Crippen molar-refractivity contribution < 1.29 is 0 Å². The maximum Gasteiger partial charge on any atom is 0.293 e. The van der Waals surface area contributed by atoms with E-state index in [0.29, 0.717) is 17.8 Å². The predicted molar refractivity (Wildman–Crippen MR) is 87.7 cm³/mol. The first-order valence-corrected chi connectivity index (χ1v) is 8.07. The number of nitrogens with one attached hydrogen (secondary N) is 1. The minimum absolute atomic E-state index is 0.00409. The van der Waals surface area contributed by atoms with E-state index in [1.165, 1.54) is 0 Å². The van der Waals surface area contributed by atoms with Crippen LogP contribution < -0.4 is 15.8 Å². The number of aryl methyl sites for hydroxylation is 1. The molecular formula is C16H20N6O. The smallest absolute Gasteiger partial charge is 0.293 e. The molecule has 0 amide bonds. The third-order valence-electron chi connectivity index (χ3n) is 4.43. The van der Waals surface area contributed by atoms with Crippen molar-refractivity contribution in [1.82, 2.24) is 19.7 Å². The summed E-state index contributed by atoms with van der Waals surface area (Å²) in [5.74, 6) is 1.88. The third kappa shape index (κ3) is 2.91. The molecule has 1 aliphatic heterocycles. The van der Waals surface area contributed by atoms with Crippen molar-refractivity contribution in [2.24, 2.45) is 5.92 Å². The summed E-state index contributed by atoms with van der Waals surface area (Å²) in [4.78, 5) is 18.7. The first-order chi connectivity index (χ1) is 11.2. The Balaban J connectivity index is 1.32. The van der Waals surface area contributed by atoms with Crippen LogP contribution >= 0.6 is 0 Å². The van der Waals surface area contributed by atoms with Crippen LogP contribution in [0.3, 0.4) is 0 Å². The average molecular weight is 312 g/mol. The first-order valence-electron chi connectivity index (χ1n) is 8.07. The highest BCUT2D eigenvalue weighted by Gasteiger charge is 2.29. The van der Waals surface area contributed by atoms with Crippen LogP contribution in [0.5, 0.6) is 0 Å². The topological polar surface area (TPSA) is 75.9 Å². The van der Waals surface area contributed by atoms with E-state index in [2.05, 4.69) is 25.4 Å². The van der Waals surface area contributed by atoms with Gasteiger partial charge in [0.2, 0.25) is 0 Å². The number of anilines is 2. The molecule has 0 unspecified atom stereocenters. The Kier molecular flexibility index (Phi) is 3.48. The van der Waals surface area contributed by atoms with E-state index in [4.69, 9.17) is 0 Å². The number of rotatable bonds is 5. The number of aromatic nitrogens is 4. The van der Waals surface area contributed by atoms with Crippen LogP contribution in [0.1, 0.15) is 24.6 Å². The van der Waals surface area contributed by atoms with E-state index in [9.17, 15) is 4.79 Å². The summed E-state index contributed by atoms with van der Waals surface area (Å²) in [5.41, 5.74) is 0.921. The molecule has 2 aromatic heterocycles. The molecule has 0 aromatic carbocycles. The summed E-state index contributed by atoms with van der Waals surface area (Å²) < 4.78 is 1.80. The molecule has 120 valence electrons. The lowest BCUT2D eigenvalue weighted by Gasteiger charge is -2.39. The minimum Gasteiger partial charge on any atom is -0.365 e.